The monoisotopic (exact) mass is 879 g/mol. The minimum Gasteiger partial charge on any atom is -0.493 e. The second-order valence-electron chi connectivity index (χ2n) is 14.9. The number of para-hydroxylation sites is 3. The van der Waals surface area contributed by atoms with Crippen molar-refractivity contribution in [3.8, 4) is 40.0 Å². The molecule has 0 unspecified atom stereocenters. The third-order valence-electron chi connectivity index (χ3n) is 11.0. The Bertz CT molecular complexity index is 2800. The van der Waals surface area contributed by atoms with Gasteiger partial charge in [0.05, 0.1) is 64.0 Å². The van der Waals surface area contributed by atoms with E-state index in [2.05, 4.69) is 36.7 Å². The number of methoxy groups -OCH3 is 5. The fourth-order valence-electron chi connectivity index (χ4n) is 7.70. The highest BCUT2D eigenvalue weighted by molar-refractivity contribution is 7.15. The molecule has 328 valence electrons. The van der Waals surface area contributed by atoms with Gasteiger partial charge in [0, 0.05) is 78.7 Å². The molecule has 5 aromatic carbocycles. The SMILES string of the molecule is COc1cc(C(=O)Nc2ccccc2-c2cn3c(CN4CCNCC4)csc3n2)cc(OC)c1OC.COc1ccc(C(=O)Nc2ccccc2C2=Nc3ccccc3C2)cc1OC. The molecule has 4 heterocycles. The zero-order valence-corrected chi connectivity index (χ0v) is 37.1. The Labute approximate surface area is 375 Å². The van der Waals surface area contributed by atoms with Crippen molar-refractivity contribution in [2.45, 2.75) is 13.0 Å². The molecule has 7 aromatic rings. The normalized spacial score (nSPS) is 13.2. The molecule has 1 fully saturated rings. The topological polar surface area (TPSA) is 149 Å². The molecule has 0 radical (unpaired) electrons. The van der Waals surface area contributed by atoms with Crippen LogP contribution in [0.1, 0.15) is 37.5 Å². The molecule has 2 amide bonds. The summed E-state index contributed by atoms with van der Waals surface area (Å²) in [5.41, 5.74) is 9.21. The molecular weight excluding hydrogens is 831 g/mol. The van der Waals surface area contributed by atoms with E-state index in [1.165, 1.54) is 32.6 Å². The molecule has 15 heteroatoms. The average molecular weight is 880 g/mol. The van der Waals surface area contributed by atoms with Crippen LogP contribution in [0.25, 0.3) is 16.2 Å². The van der Waals surface area contributed by atoms with E-state index < -0.39 is 0 Å². The second kappa shape index (κ2) is 19.9. The molecule has 0 saturated carbocycles. The molecule has 0 aliphatic carbocycles. The molecule has 2 aliphatic heterocycles. The number of amides is 2. The molecule has 0 bridgehead atoms. The number of hydrogen-bond acceptors (Lipinski definition) is 12. The number of anilines is 2. The van der Waals surface area contributed by atoms with Crippen molar-refractivity contribution in [2.24, 2.45) is 4.99 Å². The first-order valence-corrected chi connectivity index (χ1v) is 21.6. The summed E-state index contributed by atoms with van der Waals surface area (Å²) in [6.07, 6.45) is 2.80. The van der Waals surface area contributed by atoms with Crippen molar-refractivity contribution in [2.75, 3.05) is 72.4 Å². The van der Waals surface area contributed by atoms with E-state index in [1.807, 2.05) is 72.9 Å². The summed E-state index contributed by atoms with van der Waals surface area (Å²) in [6.45, 7) is 4.99. The summed E-state index contributed by atoms with van der Waals surface area (Å²) in [4.78, 5) is 39.0. The average Bonchev–Trinajstić information content (AvgIpc) is 4.07. The van der Waals surface area contributed by atoms with Gasteiger partial charge in [0.2, 0.25) is 5.75 Å². The Kier molecular flexibility index (Phi) is 13.5. The van der Waals surface area contributed by atoms with Gasteiger partial charge in [-0.15, -0.1) is 11.3 Å². The van der Waals surface area contributed by atoms with E-state index in [1.54, 1.807) is 55.9 Å². The highest BCUT2D eigenvalue weighted by atomic mass is 32.1. The number of ether oxygens (including phenoxy) is 5. The van der Waals surface area contributed by atoms with Gasteiger partial charge in [0.1, 0.15) is 0 Å². The van der Waals surface area contributed by atoms with Gasteiger partial charge in [-0.25, -0.2) is 4.98 Å². The first kappa shape index (κ1) is 43.4. The summed E-state index contributed by atoms with van der Waals surface area (Å²) in [6, 6.07) is 31.8. The predicted molar refractivity (Wildman–Crippen MR) is 251 cm³/mol. The number of hydrogen-bond donors (Lipinski definition) is 3. The minimum atomic E-state index is -0.290. The molecule has 0 atom stereocenters. The van der Waals surface area contributed by atoms with Gasteiger partial charge in [-0.3, -0.25) is 23.9 Å². The van der Waals surface area contributed by atoms with Crippen molar-refractivity contribution < 1.29 is 33.3 Å². The van der Waals surface area contributed by atoms with Crippen LogP contribution < -0.4 is 39.6 Å². The lowest BCUT2D eigenvalue weighted by molar-refractivity contribution is 0.101. The van der Waals surface area contributed by atoms with Gasteiger partial charge in [-0.1, -0.05) is 54.6 Å². The number of nitrogens with one attached hydrogen (secondary N) is 3. The van der Waals surface area contributed by atoms with Crippen molar-refractivity contribution in [1.29, 1.82) is 0 Å². The van der Waals surface area contributed by atoms with E-state index in [9.17, 15) is 9.59 Å². The molecule has 9 rings (SSSR count). The van der Waals surface area contributed by atoms with E-state index >= 15 is 0 Å². The Balaban J connectivity index is 0.000000181. The van der Waals surface area contributed by atoms with E-state index in [-0.39, 0.29) is 11.8 Å². The highest BCUT2D eigenvalue weighted by Crippen LogP contribution is 2.39. The number of benzene rings is 5. The van der Waals surface area contributed by atoms with Gasteiger partial charge in [0.25, 0.3) is 11.8 Å². The molecule has 14 nitrogen and oxygen atoms in total. The first-order valence-electron chi connectivity index (χ1n) is 20.7. The maximum Gasteiger partial charge on any atom is 0.255 e. The lowest BCUT2D eigenvalue weighted by Gasteiger charge is -2.26. The number of carbonyl (C=O) groups excluding carboxylic acids is 2. The van der Waals surface area contributed by atoms with Gasteiger partial charge in [0.15, 0.2) is 28.0 Å². The smallest absolute Gasteiger partial charge is 0.255 e. The molecule has 1 saturated heterocycles. The van der Waals surface area contributed by atoms with Crippen molar-refractivity contribution in [3.05, 3.63) is 143 Å². The van der Waals surface area contributed by atoms with Crippen LogP contribution in [0.2, 0.25) is 0 Å². The molecule has 64 heavy (non-hydrogen) atoms. The molecular formula is C49H49N7O7S. The predicted octanol–water partition coefficient (Wildman–Crippen LogP) is 8.38. The van der Waals surface area contributed by atoms with E-state index in [4.69, 9.17) is 33.7 Å². The molecule has 3 N–H and O–H groups in total. The number of imidazole rings is 1. The van der Waals surface area contributed by atoms with Crippen LogP contribution in [-0.2, 0) is 13.0 Å². The first-order chi connectivity index (χ1) is 31.3. The lowest BCUT2D eigenvalue weighted by Crippen LogP contribution is -2.43. The highest BCUT2D eigenvalue weighted by Gasteiger charge is 2.22. The number of aliphatic imine (C=N–C) groups is 1. The van der Waals surface area contributed by atoms with Crippen LogP contribution >= 0.6 is 11.3 Å². The van der Waals surface area contributed by atoms with Crippen LogP contribution in [0, 0.1) is 0 Å². The number of piperazine rings is 1. The number of nitrogens with zero attached hydrogens (tertiary/aromatic N) is 4. The van der Waals surface area contributed by atoms with Crippen LogP contribution in [-0.4, -0.2) is 93.5 Å². The summed E-state index contributed by atoms with van der Waals surface area (Å²) in [7, 11) is 7.68. The fraction of sp³-hybridized carbons (Fsp3) is 0.224. The Morgan fingerprint density at radius 2 is 1.30 bits per heavy atom. The number of carbonyl (C=O) groups is 2. The second-order valence-corrected chi connectivity index (χ2v) is 15.7. The molecule has 2 aromatic heterocycles. The summed E-state index contributed by atoms with van der Waals surface area (Å²) < 4.78 is 28.8. The number of aromatic nitrogens is 2. The lowest BCUT2D eigenvalue weighted by atomic mass is 10.0. The summed E-state index contributed by atoms with van der Waals surface area (Å²) in [5, 5.41) is 11.6. The third kappa shape index (κ3) is 9.41. The van der Waals surface area contributed by atoms with Gasteiger partial charge < -0.3 is 39.6 Å². The number of fused-ring (bicyclic) bond motifs is 2. The quantitative estimate of drug-likeness (QED) is 0.103. The zero-order chi connectivity index (χ0) is 44.6. The maximum atomic E-state index is 13.2. The van der Waals surface area contributed by atoms with Crippen LogP contribution in [0.15, 0.2) is 120 Å². The Hall–Kier alpha value is -7.20. The Morgan fingerprint density at radius 3 is 1.97 bits per heavy atom. The maximum absolute atomic E-state index is 13.2. The summed E-state index contributed by atoms with van der Waals surface area (Å²) >= 11 is 1.63. The third-order valence-corrected chi connectivity index (χ3v) is 11.9. The molecule has 0 spiro atoms. The van der Waals surface area contributed by atoms with Crippen molar-refractivity contribution >= 4 is 50.9 Å². The Morgan fingerprint density at radius 1 is 0.688 bits per heavy atom. The van der Waals surface area contributed by atoms with E-state index in [0.717, 1.165) is 78.0 Å². The number of rotatable bonds is 13. The van der Waals surface area contributed by atoms with Crippen molar-refractivity contribution in [3.63, 3.8) is 0 Å². The van der Waals surface area contributed by atoms with Gasteiger partial charge >= 0.3 is 0 Å². The van der Waals surface area contributed by atoms with E-state index in [0.29, 0.717) is 45.6 Å². The van der Waals surface area contributed by atoms with Crippen LogP contribution in [0.4, 0.5) is 17.1 Å². The van der Waals surface area contributed by atoms with Crippen LogP contribution in [0.5, 0.6) is 28.7 Å². The summed E-state index contributed by atoms with van der Waals surface area (Å²) in [5.74, 6) is 1.86. The zero-order valence-electron chi connectivity index (χ0n) is 36.3. The van der Waals surface area contributed by atoms with Gasteiger partial charge in [-0.05, 0) is 54.1 Å². The van der Waals surface area contributed by atoms with Gasteiger partial charge in [-0.2, -0.15) is 0 Å². The molecule has 2 aliphatic rings. The van der Waals surface area contributed by atoms with Crippen molar-refractivity contribution in [1.82, 2.24) is 19.6 Å². The number of thiazole rings is 1. The largest absolute Gasteiger partial charge is 0.493 e. The standard InChI is InChI=1S/C26H29N5O4S.C23H20N2O3/c1-33-22-12-17(13-23(34-2)24(22)35-3)25(32)28-20-7-5-4-6-19(20)21-15-31-18(16-36-26(31)29-21)14-30-10-8-27-9-11-30;1-27-21-12-11-16(14-22(21)28-2)23(26)25-19-10-6-4-8-17(19)20-13-15-7-3-5-9-18(15)24-20/h4-7,12-13,15-16,27H,8-11,14H2,1-3H3,(H,28,32);3-12,14H,13H2,1-2H3,(H,25,26). The van der Waals surface area contributed by atoms with Crippen LogP contribution in [0.3, 0.4) is 0 Å². The fourth-order valence-corrected chi connectivity index (χ4v) is 8.56. The minimum absolute atomic E-state index is 0.218.